The van der Waals surface area contributed by atoms with Crippen LogP contribution >= 0.6 is 11.3 Å². The molecule has 6 heteroatoms. The maximum Gasteiger partial charge on any atom is 0.191 e. The van der Waals surface area contributed by atoms with Crippen molar-refractivity contribution in [3.63, 3.8) is 0 Å². The molecule has 0 saturated heterocycles. The second kappa shape index (κ2) is 5.41. The van der Waals surface area contributed by atoms with Crippen LogP contribution in [-0.2, 0) is 13.2 Å². The fourth-order valence-electron chi connectivity index (χ4n) is 1.48. The van der Waals surface area contributed by atoms with Gasteiger partial charge in [-0.3, -0.25) is 0 Å². The Morgan fingerprint density at radius 1 is 1.33 bits per heavy atom. The summed E-state index contributed by atoms with van der Waals surface area (Å²) in [6, 6.07) is 2.35. The summed E-state index contributed by atoms with van der Waals surface area (Å²) in [5.74, 6) is -1.85. The maximum absolute atomic E-state index is 13.6. The van der Waals surface area contributed by atoms with Gasteiger partial charge in [-0.05, 0) is 24.6 Å². The van der Waals surface area contributed by atoms with Gasteiger partial charge >= 0.3 is 0 Å². The highest BCUT2D eigenvalue weighted by molar-refractivity contribution is 7.11. The third-order valence-corrected chi connectivity index (χ3v) is 3.21. The fraction of sp³-hybridized carbons (Fsp3) is 0.250. The number of ether oxygens (including phenoxy) is 1. The highest BCUT2D eigenvalue weighted by atomic mass is 32.1. The molecule has 18 heavy (non-hydrogen) atoms. The highest BCUT2D eigenvalue weighted by Crippen LogP contribution is 2.25. The van der Waals surface area contributed by atoms with Gasteiger partial charge in [0.05, 0.1) is 9.88 Å². The van der Waals surface area contributed by atoms with E-state index in [2.05, 4.69) is 4.98 Å². The molecule has 2 N–H and O–H groups in total. The van der Waals surface area contributed by atoms with Crippen LogP contribution in [0.3, 0.4) is 0 Å². The Labute approximate surface area is 107 Å². The molecule has 0 aliphatic heterocycles. The lowest BCUT2D eigenvalue weighted by Crippen LogP contribution is -2.02. The number of aryl methyl sites for hydroxylation is 1. The van der Waals surface area contributed by atoms with E-state index in [0.29, 0.717) is 5.56 Å². The van der Waals surface area contributed by atoms with Gasteiger partial charge in [-0.1, -0.05) is 0 Å². The summed E-state index contributed by atoms with van der Waals surface area (Å²) in [6.07, 6.45) is 1.63. The quantitative estimate of drug-likeness (QED) is 0.929. The summed E-state index contributed by atoms with van der Waals surface area (Å²) in [5.41, 5.74) is 5.72. The van der Waals surface area contributed by atoms with Crippen LogP contribution in [0.2, 0.25) is 0 Å². The minimum Gasteiger partial charge on any atom is -0.482 e. The van der Waals surface area contributed by atoms with Gasteiger partial charge in [0.15, 0.2) is 17.4 Å². The third-order valence-electron chi connectivity index (χ3n) is 2.32. The number of nitrogens with two attached hydrogens (primary N) is 1. The van der Waals surface area contributed by atoms with E-state index in [1.807, 2.05) is 6.92 Å². The van der Waals surface area contributed by atoms with E-state index in [-0.39, 0.29) is 18.9 Å². The largest absolute Gasteiger partial charge is 0.482 e. The molecule has 0 saturated carbocycles. The van der Waals surface area contributed by atoms with Crippen LogP contribution in [0.1, 0.15) is 15.4 Å². The number of halogens is 2. The fourth-order valence-corrected chi connectivity index (χ4v) is 2.19. The molecule has 96 valence electrons. The lowest BCUT2D eigenvalue weighted by Gasteiger charge is -2.08. The predicted octanol–water partition coefficient (Wildman–Crippen LogP) is 2.77. The van der Waals surface area contributed by atoms with Gasteiger partial charge < -0.3 is 10.5 Å². The molecule has 0 atom stereocenters. The molecule has 0 amide bonds. The smallest absolute Gasteiger partial charge is 0.191 e. The maximum atomic E-state index is 13.6. The summed E-state index contributed by atoms with van der Waals surface area (Å²) in [6.45, 7) is 2.04. The molecule has 0 radical (unpaired) electrons. The molecule has 0 fully saturated rings. The topological polar surface area (TPSA) is 48.1 Å². The van der Waals surface area contributed by atoms with Gasteiger partial charge in [0.25, 0.3) is 0 Å². The lowest BCUT2D eigenvalue weighted by atomic mass is 10.2. The molecule has 1 heterocycles. The number of rotatable bonds is 4. The minimum absolute atomic E-state index is 0.0855. The van der Waals surface area contributed by atoms with Gasteiger partial charge in [0.1, 0.15) is 6.61 Å². The van der Waals surface area contributed by atoms with E-state index in [4.69, 9.17) is 10.5 Å². The minimum atomic E-state index is -0.739. The van der Waals surface area contributed by atoms with Crippen molar-refractivity contribution in [3.05, 3.63) is 45.4 Å². The van der Waals surface area contributed by atoms with Crippen LogP contribution < -0.4 is 10.5 Å². The first-order chi connectivity index (χ1) is 8.60. The summed E-state index contributed by atoms with van der Waals surface area (Å²) in [5, 5.41) is 0.882. The van der Waals surface area contributed by atoms with Crippen LogP contribution in [0.4, 0.5) is 8.78 Å². The first kappa shape index (κ1) is 12.9. The Morgan fingerprint density at radius 2 is 2.00 bits per heavy atom. The zero-order chi connectivity index (χ0) is 13.1. The Balaban J connectivity index is 2.14. The van der Waals surface area contributed by atoms with Crippen LogP contribution in [0, 0.1) is 18.6 Å². The SMILES string of the molecule is Cc1ncc(COc2c(F)cc(CN)cc2F)s1. The number of aromatic nitrogens is 1. The second-order valence-corrected chi connectivity index (χ2v) is 5.05. The Morgan fingerprint density at radius 3 is 2.50 bits per heavy atom. The standard InChI is InChI=1S/C12H12F2N2OS/c1-7-16-5-9(18-7)6-17-12-10(13)2-8(4-15)3-11(12)14/h2-3,5H,4,6,15H2,1H3. The zero-order valence-corrected chi connectivity index (χ0v) is 10.6. The number of nitrogens with zero attached hydrogens (tertiary/aromatic N) is 1. The van der Waals surface area contributed by atoms with Crippen molar-refractivity contribution in [2.75, 3.05) is 0 Å². The summed E-state index contributed by atoms with van der Waals surface area (Å²) < 4.78 is 32.3. The van der Waals surface area contributed by atoms with Crippen molar-refractivity contribution < 1.29 is 13.5 Å². The normalized spacial score (nSPS) is 10.7. The molecule has 0 aliphatic rings. The molecular formula is C12H12F2N2OS. The number of benzene rings is 1. The van der Waals surface area contributed by atoms with Crippen LogP contribution in [-0.4, -0.2) is 4.98 Å². The Kier molecular flexibility index (Phi) is 3.88. The van der Waals surface area contributed by atoms with Crippen molar-refractivity contribution in [2.24, 2.45) is 5.73 Å². The number of hydrogen-bond donors (Lipinski definition) is 1. The monoisotopic (exact) mass is 270 g/mol. The molecule has 0 bridgehead atoms. The molecule has 0 unspecified atom stereocenters. The molecule has 2 aromatic rings. The summed E-state index contributed by atoms with van der Waals surface area (Å²) in [4.78, 5) is 4.85. The average Bonchev–Trinajstić information content (AvgIpc) is 2.73. The molecular weight excluding hydrogens is 258 g/mol. The Hall–Kier alpha value is -1.53. The van der Waals surface area contributed by atoms with Gasteiger partial charge in [-0.2, -0.15) is 0 Å². The van der Waals surface area contributed by atoms with E-state index >= 15 is 0 Å². The lowest BCUT2D eigenvalue weighted by molar-refractivity contribution is 0.276. The predicted molar refractivity (Wildman–Crippen MR) is 65.4 cm³/mol. The first-order valence-electron chi connectivity index (χ1n) is 5.32. The van der Waals surface area contributed by atoms with Crippen molar-refractivity contribution >= 4 is 11.3 Å². The van der Waals surface area contributed by atoms with E-state index in [0.717, 1.165) is 9.88 Å². The molecule has 3 nitrogen and oxygen atoms in total. The van der Waals surface area contributed by atoms with Crippen LogP contribution in [0.5, 0.6) is 5.75 Å². The van der Waals surface area contributed by atoms with E-state index < -0.39 is 11.6 Å². The van der Waals surface area contributed by atoms with Crippen LogP contribution in [0.15, 0.2) is 18.3 Å². The highest BCUT2D eigenvalue weighted by Gasteiger charge is 2.13. The van der Waals surface area contributed by atoms with E-state index in [1.54, 1.807) is 6.20 Å². The van der Waals surface area contributed by atoms with E-state index in [1.165, 1.54) is 23.5 Å². The average molecular weight is 270 g/mol. The summed E-state index contributed by atoms with van der Waals surface area (Å²) >= 11 is 1.43. The number of thiazole rings is 1. The van der Waals surface area contributed by atoms with Gasteiger partial charge in [0.2, 0.25) is 0 Å². The molecule has 0 aliphatic carbocycles. The Bertz CT molecular complexity index is 534. The van der Waals surface area contributed by atoms with Crippen LogP contribution in [0.25, 0.3) is 0 Å². The molecule has 2 rings (SSSR count). The second-order valence-electron chi connectivity index (χ2n) is 3.73. The van der Waals surface area contributed by atoms with Crippen molar-refractivity contribution in [3.8, 4) is 5.75 Å². The first-order valence-corrected chi connectivity index (χ1v) is 6.14. The molecule has 1 aromatic heterocycles. The number of hydrogen-bond acceptors (Lipinski definition) is 4. The molecule has 0 spiro atoms. The summed E-state index contributed by atoms with van der Waals surface area (Å²) in [7, 11) is 0. The van der Waals surface area contributed by atoms with Crippen molar-refractivity contribution in [1.29, 1.82) is 0 Å². The van der Waals surface area contributed by atoms with Crippen molar-refractivity contribution in [2.45, 2.75) is 20.1 Å². The van der Waals surface area contributed by atoms with Gasteiger partial charge in [-0.25, -0.2) is 13.8 Å². The van der Waals surface area contributed by atoms with Crippen molar-refractivity contribution in [1.82, 2.24) is 4.98 Å². The zero-order valence-electron chi connectivity index (χ0n) is 9.74. The third kappa shape index (κ3) is 2.83. The van der Waals surface area contributed by atoms with E-state index in [9.17, 15) is 8.78 Å². The van der Waals surface area contributed by atoms with Gasteiger partial charge in [0, 0.05) is 12.7 Å². The van der Waals surface area contributed by atoms with Gasteiger partial charge in [-0.15, -0.1) is 11.3 Å². The molecule has 1 aromatic carbocycles.